The van der Waals surface area contributed by atoms with Gasteiger partial charge in [0, 0.05) is 6.26 Å². The SMILES string of the molecule is CC(COc1cccc(S(C)(=O)=O)c1)Nc1ncnc(N)n1. The fourth-order valence-corrected chi connectivity index (χ4v) is 2.31. The van der Waals surface area contributed by atoms with Crippen molar-refractivity contribution >= 4 is 21.7 Å². The van der Waals surface area contributed by atoms with Crippen molar-refractivity contribution in [1.29, 1.82) is 0 Å². The van der Waals surface area contributed by atoms with Gasteiger partial charge in [-0.15, -0.1) is 0 Å². The van der Waals surface area contributed by atoms with Gasteiger partial charge < -0.3 is 15.8 Å². The van der Waals surface area contributed by atoms with E-state index >= 15 is 0 Å². The lowest BCUT2D eigenvalue weighted by Crippen LogP contribution is -2.25. The molecule has 9 heteroatoms. The molecule has 0 aliphatic heterocycles. The molecule has 0 fully saturated rings. The van der Waals surface area contributed by atoms with Crippen LogP contribution < -0.4 is 15.8 Å². The van der Waals surface area contributed by atoms with E-state index in [0.29, 0.717) is 18.3 Å². The number of nitrogens with two attached hydrogens (primary N) is 1. The molecule has 3 N–H and O–H groups in total. The fraction of sp³-hybridized carbons (Fsp3) is 0.308. The fourth-order valence-electron chi connectivity index (χ4n) is 1.66. The first-order valence-corrected chi connectivity index (χ1v) is 8.38. The summed E-state index contributed by atoms with van der Waals surface area (Å²) in [4.78, 5) is 11.8. The number of hydrogen-bond acceptors (Lipinski definition) is 8. The number of anilines is 2. The Labute approximate surface area is 128 Å². The summed E-state index contributed by atoms with van der Waals surface area (Å²) in [7, 11) is -3.25. The van der Waals surface area contributed by atoms with Crippen molar-refractivity contribution in [2.24, 2.45) is 0 Å². The van der Waals surface area contributed by atoms with E-state index in [1.807, 2.05) is 6.92 Å². The highest BCUT2D eigenvalue weighted by Gasteiger charge is 2.09. The van der Waals surface area contributed by atoms with E-state index in [1.54, 1.807) is 12.1 Å². The Morgan fingerprint density at radius 2 is 2.14 bits per heavy atom. The van der Waals surface area contributed by atoms with Gasteiger partial charge in [0.2, 0.25) is 11.9 Å². The summed E-state index contributed by atoms with van der Waals surface area (Å²) in [6, 6.07) is 6.24. The molecule has 0 amide bonds. The van der Waals surface area contributed by atoms with E-state index in [-0.39, 0.29) is 16.9 Å². The molecule has 1 unspecified atom stereocenters. The average Bonchev–Trinajstić information content (AvgIpc) is 2.45. The lowest BCUT2D eigenvalue weighted by molar-refractivity contribution is 0.302. The maximum absolute atomic E-state index is 11.5. The van der Waals surface area contributed by atoms with Gasteiger partial charge in [-0.3, -0.25) is 0 Å². The highest BCUT2D eigenvalue weighted by atomic mass is 32.2. The summed E-state index contributed by atoms with van der Waals surface area (Å²) in [5.41, 5.74) is 5.47. The molecular weight excluding hydrogens is 306 g/mol. The van der Waals surface area contributed by atoms with Gasteiger partial charge >= 0.3 is 0 Å². The Balaban J connectivity index is 1.95. The molecule has 0 radical (unpaired) electrons. The number of sulfone groups is 1. The number of aromatic nitrogens is 3. The molecule has 0 spiro atoms. The molecule has 2 rings (SSSR count). The van der Waals surface area contributed by atoms with Crippen molar-refractivity contribution in [3.8, 4) is 5.75 Å². The zero-order valence-electron chi connectivity index (χ0n) is 12.2. The van der Waals surface area contributed by atoms with Crippen molar-refractivity contribution < 1.29 is 13.2 Å². The molecule has 0 aliphatic carbocycles. The largest absolute Gasteiger partial charge is 0.491 e. The maximum Gasteiger partial charge on any atom is 0.227 e. The smallest absolute Gasteiger partial charge is 0.227 e. The molecular formula is C13H17N5O3S. The normalized spacial score (nSPS) is 12.6. The van der Waals surface area contributed by atoms with Crippen LogP contribution in [-0.4, -0.2) is 42.3 Å². The van der Waals surface area contributed by atoms with Gasteiger partial charge in [0.1, 0.15) is 18.7 Å². The minimum Gasteiger partial charge on any atom is -0.491 e. The molecule has 1 atom stereocenters. The zero-order valence-corrected chi connectivity index (χ0v) is 13.0. The van der Waals surface area contributed by atoms with E-state index < -0.39 is 9.84 Å². The number of nitrogens with zero attached hydrogens (tertiary/aromatic N) is 3. The average molecular weight is 323 g/mol. The number of nitrogens with one attached hydrogen (secondary N) is 1. The van der Waals surface area contributed by atoms with Crippen LogP contribution in [0.2, 0.25) is 0 Å². The highest BCUT2D eigenvalue weighted by Crippen LogP contribution is 2.17. The van der Waals surface area contributed by atoms with Gasteiger partial charge in [0.25, 0.3) is 0 Å². The van der Waals surface area contributed by atoms with Gasteiger partial charge in [0.05, 0.1) is 10.9 Å². The molecule has 2 aromatic rings. The third-order valence-corrected chi connectivity index (χ3v) is 3.81. The van der Waals surface area contributed by atoms with Crippen molar-refractivity contribution in [3.63, 3.8) is 0 Å². The lowest BCUT2D eigenvalue weighted by atomic mass is 10.3. The molecule has 0 aliphatic rings. The standard InChI is InChI=1S/C13H17N5O3S/c1-9(17-13-16-8-15-12(14)18-13)7-21-10-4-3-5-11(6-10)22(2,19)20/h3-6,8-9H,7H2,1-2H3,(H3,14,15,16,17,18). The lowest BCUT2D eigenvalue weighted by Gasteiger charge is -2.15. The van der Waals surface area contributed by atoms with E-state index in [9.17, 15) is 8.42 Å². The number of rotatable bonds is 6. The Kier molecular flexibility index (Phi) is 4.76. The van der Waals surface area contributed by atoms with Gasteiger partial charge in [-0.2, -0.15) is 4.98 Å². The van der Waals surface area contributed by atoms with E-state index in [1.165, 1.54) is 18.5 Å². The van der Waals surface area contributed by atoms with Crippen LogP contribution in [0.3, 0.4) is 0 Å². The maximum atomic E-state index is 11.5. The molecule has 1 aromatic carbocycles. The van der Waals surface area contributed by atoms with Crippen LogP contribution in [0.4, 0.5) is 11.9 Å². The number of hydrogen-bond donors (Lipinski definition) is 2. The second-order valence-electron chi connectivity index (χ2n) is 4.77. The molecule has 0 saturated carbocycles. The molecule has 1 aromatic heterocycles. The second-order valence-corrected chi connectivity index (χ2v) is 6.79. The molecule has 8 nitrogen and oxygen atoms in total. The van der Waals surface area contributed by atoms with Gasteiger partial charge in [-0.05, 0) is 25.1 Å². The summed E-state index contributed by atoms with van der Waals surface area (Å²) < 4.78 is 28.6. The molecule has 0 bridgehead atoms. The van der Waals surface area contributed by atoms with Gasteiger partial charge in [-0.1, -0.05) is 6.07 Å². The predicted octanol–water partition coefficient (Wildman–Crippen LogP) is 0.737. The minimum absolute atomic E-state index is 0.108. The van der Waals surface area contributed by atoms with Crippen LogP contribution in [0.15, 0.2) is 35.5 Å². The molecule has 1 heterocycles. The van der Waals surface area contributed by atoms with Crippen LogP contribution in [0.1, 0.15) is 6.92 Å². The molecule has 118 valence electrons. The van der Waals surface area contributed by atoms with Crippen LogP contribution in [0, 0.1) is 0 Å². The Morgan fingerprint density at radius 3 is 2.82 bits per heavy atom. The first kappa shape index (κ1) is 16.0. The Morgan fingerprint density at radius 1 is 1.36 bits per heavy atom. The summed E-state index contributed by atoms with van der Waals surface area (Å²) in [6.45, 7) is 2.18. The minimum atomic E-state index is -3.25. The Bertz CT molecular complexity index is 751. The number of nitrogen functional groups attached to an aromatic ring is 1. The zero-order chi connectivity index (χ0) is 16.2. The van der Waals surface area contributed by atoms with Crippen LogP contribution >= 0.6 is 0 Å². The third-order valence-electron chi connectivity index (χ3n) is 2.70. The molecule has 22 heavy (non-hydrogen) atoms. The van der Waals surface area contributed by atoms with Crippen LogP contribution in [-0.2, 0) is 9.84 Å². The summed E-state index contributed by atoms with van der Waals surface area (Å²) in [5.74, 6) is 0.965. The van der Waals surface area contributed by atoms with Crippen LogP contribution in [0.5, 0.6) is 5.75 Å². The number of benzene rings is 1. The quantitative estimate of drug-likeness (QED) is 0.798. The van der Waals surface area contributed by atoms with E-state index in [4.69, 9.17) is 10.5 Å². The van der Waals surface area contributed by atoms with Crippen LogP contribution in [0.25, 0.3) is 0 Å². The monoisotopic (exact) mass is 323 g/mol. The summed E-state index contributed by atoms with van der Waals surface area (Å²) in [5, 5.41) is 3.01. The Hall–Kier alpha value is -2.42. The predicted molar refractivity (Wildman–Crippen MR) is 82.4 cm³/mol. The van der Waals surface area contributed by atoms with Gasteiger partial charge in [-0.25, -0.2) is 18.4 Å². The van der Waals surface area contributed by atoms with Crippen molar-refractivity contribution in [2.75, 3.05) is 23.9 Å². The van der Waals surface area contributed by atoms with Gasteiger partial charge in [0.15, 0.2) is 9.84 Å². The van der Waals surface area contributed by atoms with E-state index in [2.05, 4.69) is 20.3 Å². The summed E-state index contributed by atoms with van der Waals surface area (Å²) >= 11 is 0. The first-order valence-electron chi connectivity index (χ1n) is 6.48. The molecule has 0 saturated heterocycles. The van der Waals surface area contributed by atoms with E-state index in [0.717, 1.165) is 6.26 Å². The first-order chi connectivity index (χ1) is 10.3. The van der Waals surface area contributed by atoms with Crippen molar-refractivity contribution in [2.45, 2.75) is 17.9 Å². The highest BCUT2D eigenvalue weighted by molar-refractivity contribution is 7.90. The van der Waals surface area contributed by atoms with Crippen molar-refractivity contribution in [1.82, 2.24) is 15.0 Å². The summed E-state index contributed by atoms with van der Waals surface area (Å²) in [6.07, 6.45) is 2.47. The number of ether oxygens (including phenoxy) is 1. The topological polar surface area (TPSA) is 120 Å². The second kappa shape index (κ2) is 6.56. The third kappa shape index (κ3) is 4.55. The van der Waals surface area contributed by atoms with Crippen molar-refractivity contribution in [3.05, 3.63) is 30.6 Å².